The normalized spacial score (nSPS) is 14.1. The number of fused-ring (bicyclic) bond motifs is 1. The van der Waals surface area contributed by atoms with Gasteiger partial charge < -0.3 is 9.45 Å². The Bertz CT molecular complexity index is 1980. The molecule has 0 unspecified atom stereocenters. The van der Waals surface area contributed by atoms with Crippen LogP contribution < -0.4 is 39.2 Å². The van der Waals surface area contributed by atoms with Gasteiger partial charge in [0, 0.05) is 35.4 Å². The van der Waals surface area contributed by atoms with Crippen molar-refractivity contribution < 1.29 is 50.9 Å². The zero-order valence-electron chi connectivity index (χ0n) is 25.9. The molecule has 230 valence electrons. The number of anilines is 2. The van der Waals surface area contributed by atoms with Crippen LogP contribution in [-0.2, 0) is 20.1 Å². The van der Waals surface area contributed by atoms with Gasteiger partial charge in [-0.15, -0.1) is 9.89 Å². The summed E-state index contributed by atoms with van der Waals surface area (Å²) in [4.78, 5) is 12.4. The van der Waals surface area contributed by atoms with E-state index in [9.17, 15) is 21.4 Å². The molecule has 1 aromatic heterocycles. The molecule has 1 N–H and O–H groups in total. The van der Waals surface area contributed by atoms with Gasteiger partial charge in [-0.05, 0) is 80.6 Å². The minimum absolute atomic E-state index is 0. The van der Waals surface area contributed by atoms with E-state index in [1.807, 2.05) is 45.0 Å². The zero-order valence-corrected chi connectivity index (χ0v) is 29.5. The summed E-state index contributed by atoms with van der Waals surface area (Å²) in [6.45, 7) is 12.2. The molecule has 5 rings (SSSR count). The molecule has 0 saturated heterocycles. The molecule has 0 radical (unpaired) electrons. The minimum Gasteiger partial charge on any atom is -0.744 e. The van der Waals surface area contributed by atoms with Crippen molar-refractivity contribution in [3.8, 4) is 11.4 Å². The zero-order chi connectivity index (χ0) is 31.9. The first-order valence-corrected chi connectivity index (χ1v) is 16.8. The Morgan fingerprint density at radius 3 is 2.11 bits per heavy atom. The second-order valence-electron chi connectivity index (χ2n) is 11.1. The molecule has 0 fully saturated rings. The fraction of sp³-hybridized carbons (Fsp3) is 0.267. The van der Waals surface area contributed by atoms with E-state index >= 15 is 0 Å². The van der Waals surface area contributed by atoms with Crippen molar-refractivity contribution in [2.24, 2.45) is 15.5 Å². The van der Waals surface area contributed by atoms with Gasteiger partial charge in [0.25, 0.3) is 10.0 Å². The van der Waals surface area contributed by atoms with Crippen molar-refractivity contribution in [2.75, 3.05) is 22.7 Å². The second-order valence-corrected chi connectivity index (χ2v) is 14.2. The van der Waals surface area contributed by atoms with Crippen LogP contribution in [0.3, 0.4) is 0 Å². The van der Waals surface area contributed by atoms with Gasteiger partial charge >= 0.3 is 29.6 Å². The molecule has 0 atom stereocenters. The van der Waals surface area contributed by atoms with Crippen LogP contribution in [0.4, 0.5) is 17.1 Å². The van der Waals surface area contributed by atoms with Crippen LogP contribution in [0.2, 0.25) is 0 Å². The summed E-state index contributed by atoms with van der Waals surface area (Å²) in [6, 6.07) is 18.6. The summed E-state index contributed by atoms with van der Waals surface area (Å²) in [5.41, 5.74) is 3.78. The summed E-state index contributed by atoms with van der Waals surface area (Å²) in [6.07, 6.45) is 0. The third-order valence-electron chi connectivity index (χ3n) is 6.95. The van der Waals surface area contributed by atoms with Gasteiger partial charge in [-0.3, -0.25) is 4.72 Å². The number of sulfonamides is 1. The molecule has 3 aromatic carbocycles. The molecule has 45 heavy (non-hydrogen) atoms. The van der Waals surface area contributed by atoms with Crippen molar-refractivity contribution in [1.82, 2.24) is 14.9 Å². The predicted octanol–water partition coefficient (Wildman–Crippen LogP) is 1.88. The molecule has 4 aromatic rings. The van der Waals surface area contributed by atoms with Crippen LogP contribution in [0.1, 0.15) is 40.4 Å². The van der Waals surface area contributed by atoms with Crippen LogP contribution in [0.25, 0.3) is 11.4 Å². The molecule has 1 aliphatic rings. The van der Waals surface area contributed by atoms with Crippen molar-refractivity contribution in [3.63, 3.8) is 0 Å². The van der Waals surface area contributed by atoms with Crippen LogP contribution >= 0.6 is 0 Å². The Hall–Kier alpha value is -3.40. The van der Waals surface area contributed by atoms with Gasteiger partial charge in [0.1, 0.15) is 15.8 Å². The maximum atomic E-state index is 12.8. The van der Waals surface area contributed by atoms with Crippen molar-refractivity contribution in [2.45, 2.75) is 44.4 Å². The van der Waals surface area contributed by atoms with Crippen LogP contribution in [0.15, 0.2) is 92.7 Å². The molecule has 12 nitrogen and oxygen atoms in total. The smallest absolute Gasteiger partial charge is 0.744 e. The maximum Gasteiger partial charge on any atom is 1.00 e. The van der Waals surface area contributed by atoms with Gasteiger partial charge in [0.05, 0.1) is 21.2 Å². The second kappa shape index (κ2) is 13.1. The number of nitrogens with one attached hydrogen (secondary N) is 1. The SMILES string of the molecule is CCN(CC)c1ccc(N=C2C(C(C)(C)C)=Nn3nc(-c4ccc(NS(=O)(=O)c5cccc(S(=O)(=O)[O-])c5)cc4)nc32)cc1.[Na+]. The van der Waals surface area contributed by atoms with Crippen molar-refractivity contribution in [1.29, 1.82) is 0 Å². The molecule has 0 bridgehead atoms. The number of hydrogen-bond acceptors (Lipinski definition) is 10. The van der Waals surface area contributed by atoms with Crippen LogP contribution in [0, 0.1) is 5.41 Å². The molecule has 0 saturated carbocycles. The fourth-order valence-electron chi connectivity index (χ4n) is 4.65. The standard InChI is InChI=1S/C30H33N7O5S2.Na/c1-6-36(7-2)23-17-15-21(16-18-23)31-26-27(30(3,4)5)33-37-29(26)32-28(34-37)20-11-13-22(14-12-20)35-43(38,39)24-9-8-10-25(19-24)44(40,41)42;/h8-19,35H,6-7H2,1-5H3,(H,40,41,42);/q;+1/p-1. The van der Waals surface area contributed by atoms with Gasteiger partial charge in [-0.25, -0.2) is 26.8 Å². The monoisotopic (exact) mass is 657 g/mol. The number of aromatic nitrogens is 3. The average Bonchev–Trinajstić information content (AvgIpc) is 3.54. The quantitative estimate of drug-likeness (QED) is 0.211. The first-order valence-electron chi connectivity index (χ1n) is 13.9. The summed E-state index contributed by atoms with van der Waals surface area (Å²) in [5.74, 6) is 0.875. The van der Waals surface area contributed by atoms with E-state index in [0.717, 1.165) is 42.3 Å². The number of rotatable bonds is 9. The van der Waals surface area contributed by atoms with E-state index in [1.165, 1.54) is 29.1 Å². The van der Waals surface area contributed by atoms with Gasteiger partial charge in [-0.2, -0.15) is 5.10 Å². The van der Waals surface area contributed by atoms with E-state index in [0.29, 0.717) is 22.9 Å². The molecule has 0 aliphatic carbocycles. The third kappa shape index (κ3) is 7.54. The molecule has 15 heteroatoms. The average molecular weight is 658 g/mol. The molecular weight excluding hydrogens is 625 g/mol. The Balaban J connectivity index is 0.00000461. The number of aliphatic imine (C=N–C) groups is 1. The van der Waals surface area contributed by atoms with Gasteiger partial charge in [-0.1, -0.05) is 26.8 Å². The first kappa shape index (κ1) is 34.5. The molecule has 1 aliphatic heterocycles. The number of benzene rings is 3. The Kier molecular flexibility index (Phi) is 10.1. The molecule has 2 heterocycles. The molecular formula is C30H32N7NaO5S2. The first-order chi connectivity index (χ1) is 20.7. The van der Waals surface area contributed by atoms with E-state index in [-0.39, 0.29) is 45.6 Å². The van der Waals surface area contributed by atoms with E-state index in [2.05, 4.69) is 28.6 Å². The topological polar surface area (TPSA) is 162 Å². The Labute approximate surface area is 285 Å². The summed E-state index contributed by atoms with van der Waals surface area (Å²) in [7, 11) is -8.98. The Morgan fingerprint density at radius 1 is 0.911 bits per heavy atom. The summed E-state index contributed by atoms with van der Waals surface area (Å²) < 4.78 is 62.1. The predicted molar refractivity (Wildman–Crippen MR) is 169 cm³/mol. The van der Waals surface area contributed by atoms with E-state index < -0.39 is 25.0 Å². The molecule has 0 amide bonds. The van der Waals surface area contributed by atoms with Crippen LogP contribution in [-0.4, -0.2) is 60.8 Å². The van der Waals surface area contributed by atoms with E-state index in [1.54, 1.807) is 12.1 Å². The van der Waals surface area contributed by atoms with Crippen molar-refractivity contribution >= 4 is 48.6 Å². The largest absolute Gasteiger partial charge is 1.00 e. The van der Waals surface area contributed by atoms with E-state index in [4.69, 9.17) is 15.1 Å². The van der Waals surface area contributed by atoms with Crippen molar-refractivity contribution in [3.05, 3.63) is 78.6 Å². The minimum atomic E-state index is -4.81. The van der Waals surface area contributed by atoms with Gasteiger partial charge in [0.2, 0.25) is 5.82 Å². The number of hydrogen-bond donors (Lipinski definition) is 1. The Morgan fingerprint density at radius 2 is 1.53 bits per heavy atom. The third-order valence-corrected chi connectivity index (χ3v) is 9.16. The molecule has 0 spiro atoms. The maximum absolute atomic E-state index is 12.8. The van der Waals surface area contributed by atoms with Crippen LogP contribution in [0.5, 0.6) is 0 Å². The fourth-order valence-corrected chi connectivity index (χ4v) is 6.35. The summed E-state index contributed by atoms with van der Waals surface area (Å²) in [5, 5.41) is 9.27. The number of nitrogens with zero attached hydrogens (tertiary/aromatic N) is 6. The van der Waals surface area contributed by atoms with Gasteiger partial charge in [0.15, 0.2) is 5.82 Å². The summed E-state index contributed by atoms with van der Waals surface area (Å²) >= 11 is 0.